The summed E-state index contributed by atoms with van der Waals surface area (Å²) in [5.74, 6) is 0.0541. The predicted octanol–water partition coefficient (Wildman–Crippen LogP) is 7.15. The molecule has 0 aliphatic carbocycles. The van der Waals surface area contributed by atoms with Crippen molar-refractivity contribution in [1.82, 2.24) is 5.32 Å². The number of ether oxygens (including phenoxy) is 2. The van der Waals surface area contributed by atoms with Gasteiger partial charge in [-0.2, -0.15) is 0 Å². The normalized spacial score (nSPS) is 10.9. The van der Waals surface area contributed by atoms with Crippen LogP contribution in [0.25, 0.3) is 6.08 Å². The summed E-state index contributed by atoms with van der Waals surface area (Å²) in [5, 5.41) is 8.86. The molecule has 0 aliphatic heterocycles. The fourth-order valence-corrected chi connectivity index (χ4v) is 4.85. The predicted molar refractivity (Wildman–Crippen MR) is 172 cm³/mol. The zero-order valence-corrected chi connectivity index (χ0v) is 25.5. The van der Waals surface area contributed by atoms with Gasteiger partial charge in [-0.25, -0.2) is 0 Å². The van der Waals surface area contributed by atoms with Crippen LogP contribution in [0.4, 0.5) is 11.4 Å². The maximum absolute atomic E-state index is 13.3. The molecule has 11 heteroatoms. The van der Waals surface area contributed by atoms with Gasteiger partial charge in [-0.3, -0.25) is 14.4 Å². The molecule has 0 saturated heterocycles. The number of benzene rings is 4. The van der Waals surface area contributed by atoms with E-state index >= 15 is 0 Å². The molecule has 4 aromatic carbocycles. The van der Waals surface area contributed by atoms with E-state index in [1.807, 2.05) is 0 Å². The molecule has 0 saturated carbocycles. The van der Waals surface area contributed by atoms with E-state index in [4.69, 9.17) is 32.7 Å². The molecule has 0 bridgehead atoms. The zero-order valence-electron chi connectivity index (χ0n) is 23.2. The Hall–Kier alpha value is -4.44. The zero-order chi connectivity index (χ0) is 30.8. The average Bonchev–Trinajstić information content (AvgIpc) is 3.02. The van der Waals surface area contributed by atoms with E-state index in [-0.39, 0.29) is 22.4 Å². The van der Waals surface area contributed by atoms with Crippen molar-refractivity contribution in [3.63, 3.8) is 0 Å². The van der Waals surface area contributed by atoms with Gasteiger partial charge < -0.3 is 25.4 Å². The van der Waals surface area contributed by atoms with Gasteiger partial charge in [-0.15, -0.1) is 11.8 Å². The third-order valence-corrected chi connectivity index (χ3v) is 7.77. The Morgan fingerprint density at radius 2 is 1.47 bits per heavy atom. The van der Waals surface area contributed by atoms with Gasteiger partial charge in [-0.1, -0.05) is 53.5 Å². The van der Waals surface area contributed by atoms with E-state index in [2.05, 4.69) is 16.0 Å². The summed E-state index contributed by atoms with van der Waals surface area (Å²) >= 11 is 13.8. The molecule has 43 heavy (non-hydrogen) atoms. The van der Waals surface area contributed by atoms with E-state index in [1.165, 1.54) is 32.1 Å². The summed E-state index contributed by atoms with van der Waals surface area (Å²) in [6.45, 7) is 0. The monoisotopic (exact) mass is 635 g/mol. The standard InChI is InChI=1S/C32H27Cl2N3O5S/c1-41-24-16-23(17-25(18-24)42-2)35-29(38)19-43-26-13-11-22(12-14-26)36-32(40)28(15-21-9-6-10-27(33)30(21)34)37-31(39)20-7-4-3-5-8-20/h3-18H,19H2,1-2H3,(H,35,38)(H,36,40)(H,37,39)/b28-15-. The second-order valence-electron chi connectivity index (χ2n) is 8.94. The van der Waals surface area contributed by atoms with E-state index in [0.29, 0.717) is 39.0 Å². The second kappa shape index (κ2) is 15.2. The van der Waals surface area contributed by atoms with Gasteiger partial charge in [0.05, 0.1) is 30.0 Å². The molecule has 0 spiro atoms. The molecule has 0 heterocycles. The van der Waals surface area contributed by atoms with Gasteiger partial charge in [-0.05, 0) is 54.1 Å². The number of thioether (sulfide) groups is 1. The smallest absolute Gasteiger partial charge is 0.272 e. The van der Waals surface area contributed by atoms with Crippen LogP contribution in [-0.4, -0.2) is 37.7 Å². The number of rotatable bonds is 11. The lowest BCUT2D eigenvalue weighted by Crippen LogP contribution is -2.30. The lowest BCUT2D eigenvalue weighted by molar-refractivity contribution is -0.114. The Balaban J connectivity index is 1.42. The molecule has 0 radical (unpaired) electrons. The molecular weight excluding hydrogens is 609 g/mol. The summed E-state index contributed by atoms with van der Waals surface area (Å²) in [6, 6.07) is 25.6. The average molecular weight is 637 g/mol. The van der Waals surface area contributed by atoms with E-state index in [9.17, 15) is 14.4 Å². The summed E-state index contributed by atoms with van der Waals surface area (Å²) in [4.78, 5) is 39.5. The van der Waals surface area contributed by atoms with Crippen molar-refractivity contribution in [1.29, 1.82) is 0 Å². The molecule has 220 valence electrons. The van der Waals surface area contributed by atoms with Crippen LogP contribution in [0.5, 0.6) is 11.5 Å². The van der Waals surface area contributed by atoms with E-state index < -0.39 is 11.8 Å². The van der Waals surface area contributed by atoms with Crippen LogP contribution in [0, 0.1) is 0 Å². The van der Waals surface area contributed by atoms with Gasteiger partial charge in [0.1, 0.15) is 17.2 Å². The Morgan fingerprint density at radius 1 is 0.791 bits per heavy atom. The molecule has 4 rings (SSSR count). The number of nitrogens with one attached hydrogen (secondary N) is 3. The van der Waals surface area contributed by atoms with Crippen LogP contribution < -0.4 is 25.4 Å². The van der Waals surface area contributed by atoms with Gasteiger partial charge in [0.2, 0.25) is 5.91 Å². The van der Waals surface area contributed by atoms with Crippen molar-refractivity contribution in [2.24, 2.45) is 0 Å². The molecule has 0 unspecified atom stereocenters. The van der Waals surface area contributed by atoms with Gasteiger partial charge in [0.15, 0.2) is 0 Å². The molecule has 3 amide bonds. The first-order chi connectivity index (χ1) is 20.7. The van der Waals surface area contributed by atoms with Crippen molar-refractivity contribution in [3.05, 3.63) is 118 Å². The topological polar surface area (TPSA) is 106 Å². The number of halogens is 2. The summed E-state index contributed by atoms with van der Waals surface area (Å²) in [6.07, 6.45) is 1.46. The molecule has 0 atom stereocenters. The second-order valence-corrected chi connectivity index (χ2v) is 10.8. The maximum atomic E-state index is 13.3. The third kappa shape index (κ3) is 9.02. The number of carbonyl (C=O) groups is 3. The first kappa shape index (κ1) is 31.5. The van der Waals surface area contributed by atoms with Crippen molar-refractivity contribution in [2.45, 2.75) is 4.90 Å². The Morgan fingerprint density at radius 3 is 2.12 bits per heavy atom. The quantitative estimate of drug-likeness (QED) is 0.119. The summed E-state index contributed by atoms with van der Waals surface area (Å²) in [7, 11) is 3.07. The lowest BCUT2D eigenvalue weighted by Gasteiger charge is -2.12. The molecule has 8 nitrogen and oxygen atoms in total. The minimum Gasteiger partial charge on any atom is -0.497 e. The van der Waals surface area contributed by atoms with Crippen molar-refractivity contribution >= 4 is 70.1 Å². The van der Waals surface area contributed by atoms with Crippen molar-refractivity contribution in [2.75, 3.05) is 30.6 Å². The van der Waals surface area contributed by atoms with Crippen LogP contribution in [0.2, 0.25) is 10.0 Å². The highest BCUT2D eigenvalue weighted by Crippen LogP contribution is 2.28. The highest BCUT2D eigenvalue weighted by molar-refractivity contribution is 8.00. The number of hydrogen-bond acceptors (Lipinski definition) is 6. The largest absolute Gasteiger partial charge is 0.497 e. The summed E-state index contributed by atoms with van der Waals surface area (Å²) < 4.78 is 10.5. The SMILES string of the molecule is COc1cc(NC(=O)CSc2ccc(NC(=O)/C(=C/c3cccc(Cl)c3Cl)NC(=O)c3ccccc3)cc2)cc(OC)c1. The highest BCUT2D eigenvalue weighted by atomic mass is 35.5. The molecule has 4 aromatic rings. The van der Waals surface area contributed by atoms with Crippen LogP contribution in [0.1, 0.15) is 15.9 Å². The van der Waals surface area contributed by atoms with Crippen LogP contribution in [0.3, 0.4) is 0 Å². The summed E-state index contributed by atoms with van der Waals surface area (Å²) in [5.41, 5.74) is 1.86. The number of carbonyl (C=O) groups excluding carboxylic acids is 3. The molecule has 3 N–H and O–H groups in total. The van der Waals surface area contributed by atoms with E-state index in [0.717, 1.165) is 4.90 Å². The Labute approximate surface area is 263 Å². The molecule has 0 fully saturated rings. The number of anilines is 2. The lowest BCUT2D eigenvalue weighted by atomic mass is 10.1. The Bertz CT molecular complexity index is 1620. The van der Waals surface area contributed by atoms with E-state index in [1.54, 1.807) is 91.0 Å². The van der Waals surface area contributed by atoms with Gasteiger partial charge in [0.25, 0.3) is 11.8 Å². The molecule has 0 aliphatic rings. The first-order valence-electron chi connectivity index (χ1n) is 12.8. The van der Waals surface area contributed by atoms with Crippen LogP contribution in [0.15, 0.2) is 102 Å². The first-order valence-corrected chi connectivity index (χ1v) is 14.6. The van der Waals surface area contributed by atoms with Crippen molar-refractivity contribution < 1.29 is 23.9 Å². The fourth-order valence-electron chi connectivity index (χ4n) is 3.79. The third-order valence-electron chi connectivity index (χ3n) is 5.93. The van der Waals surface area contributed by atoms with Crippen LogP contribution >= 0.6 is 35.0 Å². The Kier molecular flexibility index (Phi) is 11.1. The van der Waals surface area contributed by atoms with Crippen LogP contribution in [-0.2, 0) is 9.59 Å². The highest BCUT2D eigenvalue weighted by Gasteiger charge is 2.16. The van der Waals surface area contributed by atoms with Gasteiger partial charge >= 0.3 is 0 Å². The molecule has 0 aromatic heterocycles. The minimum atomic E-state index is -0.561. The number of amides is 3. The molecular formula is C32H27Cl2N3O5S. The number of hydrogen-bond donors (Lipinski definition) is 3. The number of methoxy groups -OCH3 is 2. The maximum Gasteiger partial charge on any atom is 0.272 e. The van der Waals surface area contributed by atoms with Gasteiger partial charge in [0, 0.05) is 40.0 Å². The fraction of sp³-hybridized carbons (Fsp3) is 0.0938. The van der Waals surface area contributed by atoms with Crippen molar-refractivity contribution in [3.8, 4) is 11.5 Å². The minimum absolute atomic E-state index is 0.0256.